The molecule has 0 saturated heterocycles. The van der Waals surface area contributed by atoms with E-state index in [4.69, 9.17) is 19.9 Å². The van der Waals surface area contributed by atoms with Gasteiger partial charge in [0, 0.05) is 10.9 Å². The smallest absolute Gasteiger partial charge is 0.256 e. The van der Waals surface area contributed by atoms with Crippen molar-refractivity contribution in [2.75, 3.05) is 14.2 Å². The first-order chi connectivity index (χ1) is 13.6. The summed E-state index contributed by atoms with van der Waals surface area (Å²) >= 11 is 0. The topological polar surface area (TPSA) is 110 Å². The molecule has 0 radical (unpaired) electrons. The van der Waals surface area contributed by atoms with E-state index in [1.807, 2.05) is 18.2 Å². The van der Waals surface area contributed by atoms with Gasteiger partial charge >= 0.3 is 0 Å². The summed E-state index contributed by atoms with van der Waals surface area (Å²) in [5.74, 6) is 0.613. The number of pyridine rings is 1. The number of rotatable bonds is 3. The Balaban J connectivity index is 2.10. The van der Waals surface area contributed by atoms with Gasteiger partial charge in [-0.25, -0.2) is 0 Å². The molecule has 140 valence electrons. The Morgan fingerprint density at radius 2 is 1.96 bits per heavy atom. The van der Waals surface area contributed by atoms with Gasteiger partial charge in [-0.05, 0) is 30.3 Å². The number of ether oxygens (including phenoxy) is 3. The molecule has 0 saturated carbocycles. The Bertz CT molecular complexity index is 1220. The Morgan fingerprint density at radius 3 is 2.68 bits per heavy atom. The predicted octanol–water partition coefficient (Wildman–Crippen LogP) is 2.76. The molecule has 0 spiro atoms. The predicted molar refractivity (Wildman–Crippen MR) is 103 cm³/mol. The highest BCUT2D eigenvalue weighted by Crippen LogP contribution is 2.46. The fraction of sp³-hybridized carbons (Fsp3) is 0.143. The maximum absolute atomic E-state index is 13.0. The standard InChI is InChI=1S/C21H17N3O4/c1-26-11-7-8-16(27-2)13(9-11)17-14(10-22)20(23)28-19-12-5-3-4-6-15(12)24-21(25)18(17)19/h3-9,17H,23H2,1-2H3,(H,24,25). The summed E-state index contributed by atoms with van der Waals surface area (Å²) in [6.45, 7) is 0. The van der Waals surface area contributed by atoms with Gasteiger partial charge < -0.3 is 24.9 Å². The number of hydrogen-bond acceptors (Lipinski definition) is 6. The molecule has 2 aromatic carbocycles. The number of methoxy groups -OCH3 is 2. The fourth-order valence-electron chi connectivity index (χ4n) is 3.55. The van der Waals surface area contributed by atoms with Crippen molar-refractivity contribution < 1.29 is 14.2 Å². The third-order valence-electron chi connectivity index (χ3n) is 4.83. The van der Waals surface area contributed by atoms with Crippen LogP contribution in [0.5, 0.6) is 17.2 Å². The molecule has 2 heterocycles. The quantitative estimate of drug-likeness (QED) is 0.728. The minimum atomic E-state index is -0.757. The number of nitrogens with one attached hydrogen (secondary N) is 1. The van der Waals surface area contributed by atoms with Crippen molar-refractivity contribution in [1.82, 2.24) is 4.98 Å². The molecule has 1 aliphatic rings. The number of nitriles is 1. The molecule has 7 heteroatoms. The third kappa shape index (κ3) is 2.55. The Morgan fingerprint density at radius 1 is 1.18 bits per heavy atom. The van der Waals surface area contributed by atoms with E-state index in [1.165, 1.54) is 7.11 Å². The maximum atomic E-state index is 13.0. The maximum Gasteiger partial charge on any atom is 0.256 e. The van der Waals surface area contributed by atoms with E-state index in [0.29, 0.717) is 39.3 Å². The molecule has 4 rings (SSSR count). The average Bonchev–Trinajstić information content (AvgIpc) is 2.72. The van der Waals surface area contributed by atoms with Gasteiger partial charge in [-0.1, -0.05) is 12.1 Å². The first-order valence-corrected chi connectivity index (χ1v) is 8.53. The molecule has 1 aliphatic heterocycles. The van der Waals surface area contributed by atoms with E-state index in [1.54, 1.807) is 31.4 Å². The second kappa shape index (κ2) is 6.67. The van der Waals surface area contributed by atoms with Crippen molar-refractivity contribution >= 4 is 10.9 Å². The van der Waals surface area contributed by atoms with Crippen LogP contribution in [0.25, 0.3) is 10.9 Å². The molecule has 0 fully saturated rings. The number of aromatic amines is 1. The van der Waals surface area contributed by atoms with Crippen LogP contribution in [0.2, 0.25) is 0 Å². The Hall–Kier alpha value is -3.92. The zero-order chi connectivity index (χ0) is 19.8. The normalized spacial score (nSPS) is 15.5. The molecule has 1 aromatic heterocycles. The zero-order valence-corrected chi connectivity index (χ0v) is 15.3. The third-order valence-corrected chi connectivity index (χ3v) is 4.83. The summed E-state index contributed by atoms with van der Waals surface area (Å²) in [5, 5.41) is 10.5. The Kier molecular flexibility index (Phi) is 4.17. The van der Waals surface area contributed by atoms with Gasteiger partial charge in [-0.3, -0.25) is 4.79 Å². The summed E-state index contributed by atoms with van der Waals surface area (Å²) in [5.41, 5.74) is 7.38. The van der Waals surface area contributed by atoms with E-state index in [9.17, 15) is 10.1 Å². The summed E-state index contributed by atoms with van der Waals surface area (Å²) < 4.78 is 16.6. The number of nitrogens with two attached hydrogens (primary N) is 1. The highest BCUT2D eigenvalue weighted by molar-refractivity contribution is 5.87. The summed E-state index contributed by atoms with van der Waals surface area (Å²) in [6, 6.07) is 14.6. The number of fused-ring (bicyclic) bond motifs is 3. The van der Waals surface area contributed by atoms with Gasteiger partial charge in [-0.15, -0.1) is 0 Å². The zero-order valence-electron chi connectivity index (χ0n) is 15.3. The lowest BCUT2D eigenvalue weighted by atomic mass is 9.83. The van der Waals surface area contributed by atoms with Gasteiger partial charge in [-0.2, -0.15) is 5.26 Å². The summed E-state index contributed by atoms with van der Waals surface area (Å²) in [7, 11) is 3.06. The number of allylic oxidation sites excluding steroid dienone is 1. The molecule has 1 unspecified atom stereocenters. The van der Waals surface area contributed by atoms with Crippen molar-refractivity contribution in [3.05, 3.63) is 75.4 Å². The number of hydrogen-bond donors (Lipinski definition) is 2. The van der Waals surface area contributed by atoms with E-state index in [-0.39, 0.29) is 17.0 Å². The molecular weight excluding hydrogens is 358 g/mol. The van der Waals surface area contributed by atoms with Gasteiger partial charge in [0.2, 0.25) is 5.88 Å². The number of benzene rings is 2. The lowest BCUT2D eigenvalue weighted by Gasteiger charge is -2.27. The Labute approximate surface area is 160 Å². The highest BCUT2D eigenvalue weighted by Gasteiger charge is 2.36. The SMILES string of the molecule is COc1ccc(OC)c(C2C(C#N)=C(N)Oc3c2c(=O)[nH]c2ccccc32)c1. The van der Waals surface area contributed by atoms with Crippen LogP contribution in [0.3, 0.4) is 0 Å². The first-order valence-electron chi connectivity index (χ1n) is 8.53. The molecule has 28 heavy (non-hydrogen) atoms. The second-order valence-corrected chi connectivity index (χ2v) is 6.28. The first kappa shape index (κ1) is 17.5. The van der Waals surface area contributed by atoms with Gasteiger partial charge in [0.15, 0.2) is 0 Å². The molecule has 3 N–H and O–H groups in total. The van der Waals surface area contributed by atoms with Gasteiger partial charge in [0.05, 0.1) is 31.2 Å². The van der Waals surface area contributed by atoms with Crippen molar-refractivity contribution in [2.45, 2.75) is 5.92 Å². The molecule has 0 bridgehead atoms. The van der Waals surface area contributed by atoms with E-state index in [2.05, 4.69) is 11.1 Å². The fourth-order valence-corrected chi connectivity index (χ4v) is 3.55. The lowest BCUT2D eigenvalue weighted by Crippen LogP contribution is -2.28. The lowest BCUT2D eigenvalue weighted by molar-refractivity contribution is 0.385. The number of para-hydroxylation sites is 1. The van der Waals surface area contributed by atoms with Crippen molar-refractivity contribution in [3.63, 3.8) is 0 Å². The van der Waals surface area contributed by atoms with Crippen molar-refractivity contribution in [3.8, 4) is 23.3 Å². The van der Waals surface area contributed by atoms with Crippen LogP contribution in [0.15, 0.2) is 58.7 Å². The van der Waals surface area contributed by atoms with Gasteiger partial charge in [0.25, 0.3) is 5.56 Å². The van der Waals surface area contributed by atoms with E-state index in [0.717, 1.165) is 0 Å². The minimum Gasteiger partial charge on any atom is -0.497 e. The number of H-pyrrole nitrogens is 1. The molecule has 0 amide bonds. The largest absolute Gasteiger partial charge is 0.497 e. The second-order valence-electron chi connectivity index (χ2n) is 6.28. The van der Waals surface area contributed by atoms with Crippen molar-refractivity contribution in [2.24, 2.45) is 5.73 Å². The van der Waals surface area contributed by atoms with Crippen molar-refractivity contribution in [1.29, 1.82) is 5.26 Å². The van der Waals surface area contributed by atoms with Gasteiger partial charge in [0.1, 0.15) is 28.9 Å². The number of aromatic nitrogens is 1. The molecule has 0 aliphatic carbocycles. The van der Waals surface area contributed by atoms with Crippen LogP contribution in [0.1, 0.15) is 17.0 Å². The molecule has 7 nitrogen and oxygen atoms in total. The summed E-state index contributed by atoms with van der Waals surface area (Å²) in [4.78, 5) is 15.9. The average molecular weight is 375 g/mol. The van der Waals surface area contributed by atoms with Crippen LogP contribution < -0.4 is 25.5 Å². The van der Waals surface area contributed by atoms with E-state index >= 15 is 0 Å². The van der Waals surface area contributed by atoms with E-state index < -0.39 is 5.92 Å². The molecule has 3 aromatic rings. The van der Waals surface area contributed by atoms with Crippen LogP contribution in [-0.2, 0) is 0 Å². The van der Waals surface area contributed by atoms with Crippen LogP contribution in [0.4, 0.5) is 0 Å². The highest BCUT2D eigenvalue weighted by atomic mass is 16.5. The van der Waals surface area contributed by atoms with Crippen LogP contribution in [0, 0.1) is 11.3 Å². The molecule has 1 atom stereocenters. The van der Waals surface area contributed by atoms with Crippen LogP contribution >= 0.6 is 0 Å². The number of nitrogens with zero attached hydrogens (tertiary/aromatic N) is 1. The monoisotopic (exact) mass is 375 g/mol. The molecular formula is C21H17N3O4. The minimum absolute atomic E-state index is 0.0411. The van der Waals surface area contributed by atoms with Crippen LogP contribution in [-0.4, -0.2) is 19.2 Å². The summed E-state index contributed by atoms with van der Waals surface area (Å²) in [6.07, 6.45) is 0.